The largest absolute Gasteiger partial charge is 0.432 e. The van der Waals surface area contributed by atoms with Gasteiger partial charge in [-0.1, -0.05) is 15.9 Å². The zero-order valence-electron chi connectivity index (χ0n) is 8.84. The number of halogens is 2. The molecule has 0 saturated heterocycles. The zero-order valence-corrected chi connectivity index (χ0v) is 12.0. The monoisotopic (exact) mass is 372 g/mol. The van der Waals surface area contributed by atoms with E-state index in [2.05, 4.69) is 36.8 Å². The van der Waals surface area contributed by atoms with Crippen LogP contribution < -0.4 is 4.74 Å². The molecule has 1 aromatic carbocycles. The van der Waals surface area contributed by atoms with Gasteiger partial charge in [0.05, 0.1) is 9.40 Å². The summed E-state index contributed by atoms with van der Waals surface area (Å²) in [4.78, 5) is 14.1. The van der Waals surface area contributed by atoms with E-state index in [1.807, 2.05) is 0 Å². The smallest absolute Gasteiger partial charge is 0.331 e. The fraction of sp³-hybridized carbons (Fsp3) is 0. The lowest BCUT2D eigenvalue weighted by molar-refractivity contribution is -0.386. The molecule has 0 atom stereocenters. The second-order valence-electron chi connectivity index (χ2n) is 3.26. The first-order valence-corrected chi connectivity index (χ1v) is 6.39. The SMILES string of the molecule is O=[N+]([O-])c1cccnc1Oc1ccc(Br)cc1Br. The fourth-order valence-electron chi connectivity index (χ4n) is 1.26. The summed E-state index contributed by atoms with van der Waals surface area (Å²) in [6.07, 6.45) is 1.44. The first-order valence-electron chi connectivity index (χ1n) is 4.80. The number of pyridine rings is 1. The molecule has 2 rings (SSSR count). The van der Waals surface area contributed by atoms with E-state index in [-0.39, 0.29) is 11.6 Å². The third-order valence-electron chi connectivity index (χ3n) is 2.05. The Balaban J connectivity index is 2.37. The van der Waals surface area contributed by atoms with Crippen molar-refractivity contribution in [1.82, 2.24) is 4.98 Å². The molecule has 7 heteroatoms. The first-order chi connectivity index (χ1) is 8.58. The highest BCUT2D eigenvalue weighted by Crippen LogP contribution is 2.34. The van der Waals surface area contributed by atoms with Crippen molar-refractivity contribution in [1.29, 1.82) is 0 Å². The van der Waals surface area contributed by atoms with Crippen LogP contribution in [0.5, 0.6) is 11.6 Å². The Bertz CT molecular complexity index is 605. The number of ether oxygens (including phenoxy) is 1. The van der Waals surface area contributed by atoms with Crippen molar-refractivity contribution in [3.8, 4) is 11.6 Å². The quantitative estimate of drug-likeness (QED) is 0.594. The highest BCUT2D eigenvalue weighted by Gasteiger charge is 2.17. The van der Waals surface area contributed by atoms with Gasteiger partial charge in [0.2, 0.25) is 0 Å². The molecule has 0 amide bonds. The number of benzene rings is 1. The standard InChI is InChI=1S/C11H6Br2N2O3/c12-7-3-4-10(8(13)6-7)18-11-9(15(16)17)2-1-5-14-11/h1-6H. The summed E-state index contributed by atoms with van der Waals surface area (Å²) >= 11 is 6.62. The molecule has 5 nitrogen and oxygen atoms in total. The molecule has 0 aliphatic heterocycles. The minimum atomic E-state index is -0.533. The predicted molar refractivity (Wildman–Crippen MR) is 72.8 cm³/mol. The van der Waals surface area contributed by atoms with E-state index in [1.54, 1.807) is 18.2 Å². The average Bonchev–Trinajstić information content (AvgIpc) is 2.33. The van der Waals surface area contributed by atoms with Crippen molar-refractivity contribution < 1.29 is 9.66 Å². The Morgan fingerprint density at radius 1 is 1.28 bits per heavy atom. The van der Waals surface area contributed by atoms with Crippen LogP contribution in [0, 0.1) is 10.1 Å². The lowest BCUT2D eigenvalue weighted by Gasteiger charge is -2.07. The molecule has 2 aromatic rings. The van der Waals surface area contributed by atoms with Crippen molar-refractivity contribution in [3.05, 3.63) is 55.6 Å². The van der Waals surface area contributed by atoms with Crippen LogP contribution in [0.2, 0.25) is 0 Å². The van der Waals surface area contributed by atoms with Gasteiger partial charge in [0.15, 0.2) is 0 Å². The molecule has 0 aliphatic carbocycles. The summed E-state index contributed by atoms with van der Waals surface area (Å²) in [5, 5.41) is 10.8. The van der Waals surface area contributed by atoms with Crippen LogP contribution in [0.3, 0.4) is 0 Å². The van der Waals surface area contributed by atoms with Crippen molar-refractivity contribution in [2.24, 2.45) is 0 Å². The van der Waals surface area contributed by atoms with Crippen molar-refractivity contribution in [3.63, 3.8) is 0 Å². The van der Waals surface area contributed by atoms with Gasteiger partial charge < -0.3 is 4.74 Å². The lowest BCUT2D eigenvalue weighted by Crippen LogP contribution is -1.95. The maximum Gasteiger partial charge on any atom is 0.331 e. The van der Waals surface area contributed by atoms with Crippen LogP contribution in [-0.4, -0.2) is 9.91 Å². The molecule has 0 fully saturated rings. The lowest BCUT2D eigenvalue weighted by atomic mass is 10.3. The van der Waals surface area contributed by atoms with Gasteiger partial charge in [0.1, 0.15) is 5.75 Å². The molecule has 0 bridgehead atoms. The van der Waals surface area contributed by atoms with Gasteiger partial charge in [0.25, 0.3) is 5.88 Å². The minimum absolute atomic E-state index is 0.0366. The van der Waals surface area contributed by atoms with E-state index in [1.165, 1.54) is 18.3 Å². The molecular weight excluding hydrogens is 368 g/mol. The van der Waals surface area contributed by atoms with Crippen molar-refractivity contribution >= 4 is 37.5 Å². The van der Waals surface area contributed by atoms with Crippen LogP contribution in [0.1, 0.15) is 0 Å². The highest BCUT2D eigenvalue weighted by molar-refractivity contribution is 9.11. The maximum atomic E-state index is 10.8. The molecule has 0 radical (unpaired) electrons. The molecular formula is C11H6Br2N2O3. The zero-order chi connectivity index (χ0) is 13.1. The van der Waals surface area contributed by atoms with Crippen LogP contribution >= 0.6 is 31.9 Å². The van der Waals surface area contributed by atoms with Crippen molar-refractivity contribution in [2.75, 3.05) is 0 Å². The number of hydrogen-bond donors (Lipinski definition) is 0. The molecule has 1 heterocycles. The van der Waals surface area contributed by atoms with E-state index < -0.39 is 4.92 Å². The second-order valence-corrected chi connectivity index (χ2v) is 5.03. The van der Waals surface area contributed by atoms with E-state index in [9.17, 15) is 10.1 Å². The Labute approximate surface area is 119 Å². The highest BCUT2D eigenvalue weighted by atomic mass is 79.9. The molecule has 0 unspecified atom stereocenters. The Hall–Kier alpha value is -1.47. The topological polar surface area (TPSA) is 65.3 Å². The minimum Gasteiger partial charge on any atom is -0.432 e. The van der Waals surface area contributed by atoms with E-state index in [4.69, 9.17) is 4.74 Å². The predicted octanol–water partition coefficient (Wildman–Crippen LogP) is 4.31. The molecule has 18 heavy (non-hydrogen) atoms. The van der Waals surface area contributed by atoms with E-state index >= 15 is 0 Å². The summed E-state index contributed by atoms with van der Waals surface area (Å²) < 4.78 is 6.99. The average molecular weight is 374 g/mol. The van der Waals surface area contributed by atoms with Gasteiger partial charge in [-0.3, -0.25) is 10.1 Å². The normalized spacial score (nSPS) is 10.1. The third kappa shape index (κ3) is 2.85. The van der Waals surface area contributed by atoms with Crippen LogP contribution in [-0.2, 0) is 0 Å². The molecule has 0 saturated carbocycles. The van der Waals surface area contributed by atoms with Gasteiger partial charge >= 0.3 is 5.69 Å². The number of rotatable bonds is 3. The molecule has 92 valence electrons. The molecule has 0 N–H and O–H groups in total. The number of hydrogen-bond acceptors (Lipinski definition) is 4. The molecule has 1 aromatic heterocycles. The fourth-order valence-corrected chi connectivity index (χ4v) is 2.39. The van der Waals surface area contributed by atoms with Gasteiger partial charge in [-0.2, -0.15) is 0 Å². The summed E-state index contributed by atoms with van der Waals surface area (Å²) in [5.41, 5.74) is -0.174. The second kappa shape index (κ2) is 5.45. The summed E-state index contributed by atoms with van der Waals surface area (Å²) in [5.74, 6) is 0.422. The Morgan fingerprint density at radius 3 is 2.72 bits per heavy atom. The third-order valence-corrected chi connectivity index (χ3v) is 3.16. The summed E-state index contributed by atoms with van der Waals surface area (Å²) in [6, 6.07) is 8.07. The Morgan fingerprint density at radius 2 is 2.06 bits per heavy atom. The molecule has 0 aliphatic rings. The summed E-state index contributed by atoms with van der Waals surface area (Å²) in [7, 11) is 0. The summed E-state index contributed by atoms with van der Waals surface area (Å²) in [6.45, 7) is 0. The van der Waals surface area contributed by atoms with Gasteiger partial charge in [-0.25, -0.2) is 4.98 Å². The van der Waals surface area contributed by atoms with Crippen molar-refractivity contribution in [2.45, 2.75) is 0 Å². The van der Waals surface area contributed by atoms with E-state index in [0.717, 1.165) is 4.47 Å². The van der Waals surface area contributed by atoms with Gasteiger partial charge in [-0.05, 0) is 40.2 Å². The van der Waals surface area contributed by atoms with Crippen LogP contribution in [0.4, 0.5) is 5.69 Å². The van der Waals surface area contributed by atoms with Gasteiger partial charge in [0, 0.05) is 16.7 Å². The van der Waals surface area contributed by atoms with Crippen LogP contribution in [0.25, 0.3) is 0 Å². The van der Waals surface area contributed by atoms with Crippen LogP contribution in [0.15, 0.2) is 45.5 Å². The molecule has 0 spiro atoms. The Kier molecular flexibility index (Phi) is 3.93. The number of nitrogens with zero attached hydrogens (tertiary/aromatic N) is 2. The van der Waals surface area contributed by atoms with E-state index in [0.29, 0.717) is 10.2 Å². The number of nitro groups is 1. The first kappa shape index (κ1) is 13.0. The van der Waals surface area contributed by atoms with Gasteiger partial charge in [-0.15, -0.1) is 0 Å². The maximum absolute atomic E-state index is 10.8. The number of aromatic nitrogens is 1.